The van der Waals surface area contributed by atoms with Crippen LogP contribution in [-0.4, -0.2) is 60.9 Å². The summed E-state index contributed by atoms with van der Waals surface area (Å²) in [5, 5.41) is 2.66. The van der Waals surface area contributed by atoms with E-state index in [4.69, 9.17) is 0 Å². The summed E-state index contributed by atoms with van der Waals surface area (Å²) in [4.78, 5) is 27.6. The Morgan fingerprint density at radius 2 is 1.71 bits per heavy atom. The van der Waals surface area contributed by atoms with Gasteiger partial charge in [0, 0.05) is 39.1 Å². The van der Waals surface area contributed by atoms with Crippen LogP contribution in [0.25, 0.3) is 0 Å². The van der Waals surface area contributed by atoms with Crippen molar-refractivity contribution in [1.82, 2.24) is 15.1 Å². The van der Waals surface area contributed by atoms with Crippen molar-refractivity contribution in [2.24, 2.45) is 5.92 Å². The average molecular weight is 295 g/mol. The molecule has 5 nitrogen and oxygen atoms in total. The Morgan fingerprint density at radius 1 is 1.05 bits per heavy atom. The normalized spacial score (nSPS) is 21.3. The molecule has 1 aliphatic carbocycles. The number of rotatable bonds is 5. The quantitative estimate of drug-likeness (QED) is 0.830. The zero-order valence-electron chi connectivity index (χ0n) is 13.3. The molecule has 1 N–H and O–H groups in total. The molecule has 0 aromatic heterocycles. The molecule has 2 aliphatic rings. The van der Waals surface area contributed by atoms with Crippen molar-refractivity contribution < 1.29 is 9.59 Å². The molecule has 0 unspecified atom stereocenters. The number of carbonyl (C=O) groups excluding carboxylic acids is 2. The van der Waals surface area contributed by atoms with Gasteiger partial charge in [-0.25, -0.2) is 0 Å². The molecule has 0 bridgehead atoms. The van der Waals surface area contributed by atoms with E-state index in [0.717, 1.165) is 32.1 Å². The number of amides is 2. The lowest BCUT2D eigenvalue weighted by molar-refractivity contribution is -0.134. The number of piperazine rings is 1. The molecule has 1 heterocycles. The average Bonchev–Trinajstić information content (AvgIpc) is 2.54. The van der Waals surface area contributed by atoms with Crippen LogP contribution in [-0.2, 0) is 9.59 Å². The fraction of sp³-hybridized carbons (Fsp3) is 0.875. The number of hydrogen-bond donors (Lipinski definition) is 1. The zero-order chi connectivity index (χ0) is 15.1. The maximum Gasteiger partial charge on any atom is 0.242 e. The number of hydrogen-bond acceptors (Lipinski definition) is 3. The SMILES string of the molecule is CCC(=O)NCC(=O)N1CCN(CC2CCCCC2)CC1. The maximum absolute atomic E-state index is 12.0. The van der Waals surface area contributed by atoms with Gasteiger partial charge in [0.2, 0.25) is 11.8 Å². The second-order valence-electron chi connectivity index (χ2n) is 6.32. The van der Waals surface area contributed by atoms with Gasteiger partial charge in [0.25, 0.3) is 0 Å². The van der Waals surface area contributed by atoms with Gasteiger partial charge < -0.3 is 10.2 Å². The highest BCUT2D eigenvalue weighted by atomic mass is 16.2. The van der Waals surface area contributed by atoms with Crippen molar-refractivity contribution in [3.05, 3.63) is 0 Å². The van der Waals surface area contributed by atoms with Crippen LogP contribution in [0.15, 0.2) is 0 Å². The first kappa shape index (κ1) is 16.3. The van der Waals surface area contributed by atoms with Crippen molar-refractivity contribution in [3.8, 4) is 0 Å². The lowest BCUT2D eigenvalue weighted by Crippen LogP contribution is -2.52. The minimum Gasteiger partial charge on any atom is -0.347 e. The fourth-order valence-corrected chi connectivity index (χ4v) is 3.33. The number of carbonyl (C=O) groups is 2. The Labute approximate surface area is 128 Å². The van der Waals surface area contributed by atoms with Gasteiger partial charge in [-0.05, 0) is 18.8 Å². The predicted octanol–water partition coefficient (Wildman–Crippen LogP) is 1.24. The molecule has 0 radical (unpaired) electrons. The Balaban J connectivity index is 1.65. The third-order valence-corrected chi connectivity index (χ3v) is 4.72. The van der Waals surface area contributed by atoms with Gasteiger partial charge >= 0.3 is 0 Å². The van der Waals surface area contributed by atoms with Crippen molar-refractivity contribution >= 4 is 11.8 Å². The molecule has 1 aliphatic heterocycles. The highest BCUT2D eigenvalue weighted by Gasteiger charge is 2.23. The minimum absolute atomic E-state index is 0.0501. The molecule has 0 atom stereocenters. The Morgan fingerprint density at radius 3 is 2.33 bits per heavy atom. The van der Waals surface area contributed by atoms with Crippen LogP contribution in [0.5, 0.6) is 0 Å². The van der Waals surface area contributed by atoms with E-state index >= 15 is 0 Å². The van der Waals surface area contributed by atoms with Crippen molar-refractivity contribution in [2.75, 3.05) is 39.3 Å². The molecule has 0 spiro atoms. The first-order valence-corrected chi connectivity index (χ1v) is 8.46. The fourth-order valence-electron chi connectivity index (χ4n) is 3.33. The largest absolute Gasteiger partial charge is 0.347 e. The topological polar surface area (TPSA) is 52.7 Å². The lowest BCUT2D eigenvalue weighted by atomic mass is 9.89. The Hall–Kier alpha value is -1.10. The van der Waals surface area contributed by atoms with Crippen molar-refractivity contribution in [2.45, 2.75) is 45.4 Å². The molecule has 1 saturated carbocycles. The molecular weight excluding hydrogens is 266 g/mol. The van der Waals surface area contributed by atoms with Gasteiger partial charge in [0.05, 0.1) is 6.54 Å². The van der Waals surface area contributed by atoms with E-state index in [1.165, 1.54) is 38.6 Å². The minimum atomic E-state index is -0.0562. The molecule has 0 aromatic rings. The highest BCUT2D eigenvalue weighted by Crippen LogP contribution is 2.24. The molecule has 120 valence electrons. The van der Waals surface area contributed by atoms with Crippen LogP contribution in [0.1, 0.15) is 45.4 Å². The van der Waals surface area contributed by atoms with Crippen molar-refractivity contribution in [3.63, 3.8) is 0 Å². The molecule has 0 aromatic carbocycles. The van der Waals surface area contributed by atoms with Gasteiger partial charge in [-0.1, -0.05) is 26.2 Å². The third kappa shape index (κ3) is 5.30. The summed E-state index contributed by atoms with van der Waals surface area (Å²) in [6.07, 6.45) is 7.37. The van der Waals surface area contributed by atoms with Gasteiger partial charge in [0.1, 0.15) is 0 Å². The van der Waals surface area contributed by atoms with E-state index in [2.05, 4.69) is 10.2 Å². The molecule has 1 saturated heterocycles. The molecule has 2 rings (SSSR count). The van der Waals surface area contributed by atoms with Crippen LogP contribution in [0.2, 0.25) is 0 Å². The first-order chi connectivity index (χ1) is 10.2. The molecule has 2 amide bonds. The summed E-state index contributed by atoms with van der Waals surface area (Å²) in [6.45, 7) is 6.70. The van der Waals surface area contributed by atoms with Crippen molar-refractivity contribution in [1.29, 1.82) is 0 Å². The van der Waals surface area contributed by atoms with Gasteiger partial charge in [-0.2, -0.15) is 0 Å². The summed E-state index contributed by atoms with van der Waals surface area (Å²) in [5.41, 5.74) is 0. The van der Waals surface area contributed by atoms with E-state index in [1.807, 2.05) is 4.90 Å². The molecule has 21 heavy (non-hydrogen) atoms. The van der Waals surface area contributed by atoms with Crippen LogP contribution >= 0.6 is 0 Å². The third-order valence-electron chi connectivity index (χ3n) is 4.72. The second kappa shape index (κ2) is 8.37. The summed E-state index contributed by atoms with van der Waals surface area (Å²) in [5.74, 6) is 0.859. The van der Waals surface area contributed by atoms with Gasteiger partial charge in [-0.15, -0.1) is 0 Å². The molecular formula is C16H29N3O2. The van der Waals surface area contributed by atoms with E-state index in [0.29, 0.717) is 6.42 Å². The Bertz CT molecular complexity index is 345. The monoisotopic (exact) mass is 295 g/mol. The molecule has 5 heteroatoms. The number of nitrogens with one attached hydrogen (secondary N) is 1. The zero-order valence-corrected chi connectivity index (χ0v) is 13.3. The van der Waals surface area contributed by atoms with Crippen LogP contribution in [0, 0.1) is 5.92 Å². The van der Waals surface area contributed by atoms with Crippen LogP contribution < -0.4 is 5.32 Å². The van der Waals surface area contributed by atoms with E-state index in [1.54, 1.807) is 6.92 Å². The lowest BCUT2D eigenvalue weighted by Gasteiger charge is -2.37. The van der Waals surface area contributed by atoms with E-state index in [9.17, 15) is 9.59 Å². The van der Waals surface area contributed by atoms with E-state index in [-0.39, 0.29) is 18.4 Å². The second-order valence-corrected chi connectivity index (χ2v) is 6.32. The maximum atomic E-state index is 12.0. The van der Waals surface area contributed by atoms with Gasteiger partial charge in [0.15, 0.2) is 0 Å². The van der Waals surface area contributed by atoms with E-state index < -0.39 is 0 Å². The van der Waals surface area contributed by atoms with Crippen LogP contribution in [0.3, 0.4) is 0 Å². The molecule has 2 fully saturated rings. The van der Waals surface area contributed by atoms with Gasteiger partial charge in [-0.3, -0.25) is 14.5 Å². The highest BCUT2D eigenvalue weighted by molar-refractivity contribution is 5.84. The predicted molar refractivity (Wildman–Crippen MR) is 82.9 cm³/mol. The summed E-state index contributed by atoms with van der Waals surface area (Å²) >= 11 is 0. The smallest absolute Gasteiger partial charge is 0.242 e. The number of nitrogens with zero attached hydrogens (tertiary/aromatic N) is 2. The summed E-state index contributed by atoms with van der Waals surface area (Å²) < 4.78 is 0. The Kier molecular flexibility index (Phi) is 6.49. The summed E-state index contributed by atoms with van der Waals surface area (Å²) in [7, 11) is 0. The summed E-state index contributed by atoms with van der Waals surface area (Å²) in [6, 6.07) is 0. The standard InChI is InChI=1S/C16H29N3O2/c1-2-15(20)17-12-16(21)19-10-8-18(9-11-19)13-14-6-4-3-5-7-14/h14H,2-13H2,1H3,(H,17,20). The van der Waals surface area contributed by atoms with Crippen LogP contribution in [0.4, 0.5) is 0 Å². The first-order valence-electron chi connectivity index (χ1n) is 8.46.